The van der Waals surface area contributed by atoms with Crippen molar-refractivity contribution in [3.05, 3.63) is 0 Å². The van der Waals surface area contributed by atoms with Gasteiger partial charge in [-0.05, 0) is 5.92 Å². The number of carbonyl (C=O) groups excluding carboxylic acids is 2. The van der Waals surface area contributed by atoms with Crippen LogP contribution in [-0.4, -0.2) is 40.3 Å². The number of carbonyl (C=O) groups is 2. The molecule has 5 nitrogen and oxygen atoms in total. The molecule has 0 aromatic rings. The summed E-state index contributed by atoms with van der Waals surface area (Å²) in [6, 6.07) is 0. The third-order valence-electron chi connectivity index (χ3n) is 6.68. The zero-order valence-electron chi connectivity index (χ0n) is 12.2. The summed E-state index contributed by atoms with van der Waals surface area (Å²) in [6.45, 7) is 5.26. The highest BCUT2D eigenvalue weighted by molar-refractivity contribution is 5.87. The Balaban J connectivity index is 2.24. The summed E-state index contributed by atoms with van der Waals surface area (Å²) in [5, 5.41) is 20.3. The minimum absolute atomic E-state index is 0.0522. The normalized spacial score (nSPS) is 54.5. The summed E-state index contributed by atoms with van der Waals surface area (Å²) in [6.07, 6.45) is 0.133. The average Bonchev–Trinajstić information content (AvgIpc) is 2.78. The Bertz CT molecular complexity index is 489. The lowest BCUT2D eigenvalue weighted by Crippen LogP contribution is -2.64. The van der Waals surface area contributed by atoms with Crippen LogP contribution in [0.1, 0.15) is 40.0 Å². The number of hydrogen-bond acceptors (Lipinski definition) is 5. The Morgan fingerprint density at radius 3 is 2.55 bits per heavy atom. The zero-order chi connectivity index (χ0) is 14.9. The van der Waals surface area contributed by atoms with Gasteiger partial charge in [0.15, 0.2) is 0 Å². The van der Waals surface area contributed by atoms with Gasteiger partial charge in [0, 0.05) is 29.6 Å². The molecule has 6 atom stereocenters. The summed E-state index contributed by atoms with van der Waals surface area (Å²) in [7, 11) is 0. The fourth-order valence-corrected chi connectivity index (χ4v) is 5.06. The van der Waals surface area contributed by atoms with Crippen LogP contribution in [-0.2, 0) is 14.3 Å². The molecule has 0 radical (unpaired) electrons. The first-order valence-corrected chi connectivity index (χ1v) is 7.27. The first kappa shape index (κ1) is 14.0. The second-order valence-corrected chi connectivity index (χ2v) is 7.13. The van der Waals surface area contributed by atoms with Crippen LogP contribution in [0.25, 0.3) is 0 Å². The highest BCUT2D eigenvalue weighted by atomic mass is 16.6. The summed E-state index contributed by atoms with van der Waals surface area (Å²) in [5.74, 6) is -0.831. The van der Waals surface area contributed by atoms with E-state index in [2.05, 4.69) is 0 Å². The van der Waals surface area contributed by atoms with Crippen molar-refractivity contribution in [1.82, 2.24) is 0 Å². The van der Waals surface area contributed by atoms with Crippen molar-refractivity contribution in [2.24, 2.45) is 22.7 Å². The first-order valence-electron chi connectivity index (χ1n) is 7.27. The molecule has 0 amide bonds. The predicted molar refractivity (Wildman–Crippen MR) is 69.6 cm³/mol. The van der Waals surface area contributed by atoms with Crippen molar-refractivity contribution in [3.63, 3.8) is 0 Å². The van der Waals surface area contributed by atoms with Crippen molar-refractivity contribution in [2.45, 2.75) is 51.7 Å². The third-order valence-corrected chi connectivity index (χ3v) is 6.68. The van der Waals surface area contributed by atoms with Gasteiger partial charge in [0.25, 0.3) is 0 Å². The van der Waals surface area contributed by atoms with Crippen LogP contribution in [0, 0.1) is 22.7 Å². The number of esters is 1. The second-order valence-electron chi connectivity index (χ2n) is 7.13. The van der Waals surface area contributed by atoms with E-state index in [1.807, 2.05) is 13.8 Å². The highest BCUT2D eigenvalue weighted by Crippen LogP contribution is 2.70. The topological polar surface area (TPSA) is 83.8 Å². The van der Waals surface area contributed by atoms with E-state index in [9.17, 15) is 19.8 Å². The van der Waals surface area contributed by atoms with Crippen LogP contribution in [0.2, 0.25) is 0 Å². The third kappa shape index (κ3) is 1.22. The van der Waals surface area contributed by atoms with E-state index >= 15 is 0 Å². The van der Waals surface area contributed by atoms with Crippen LogP contribution in [0.15, 0.2) is 0 Å². The predicted octanol–water partition coefficient (Wildman–Crippen LogP) is 0.667. The zero-order valence-corrected chi connectivity index (χ0v) is 12.2. The summed E-state index contributed by atoms with van der Waals surface area (Å²) >= 11 is 0. The van der Waals surface area contributed by atoms with Crippen LogP contribution < -0.4 is 0 Å². The summed E-state index contributed by atoms with van der Waals surface area (Å²) < 4.78 is 5.72. The van der Waals surface area contributed by atoms with Gasteiger partial charge in [-0.3, -0.25) is 9.59 Å². The van der Waals surface area contributed by atoms with Crippen molar-refractivity contribution >= 4 is 11.8 Å². The van der Waals surface area contributed by atoms with Gasteiger partial charge in [-0.1, -0.05) is 20.8 Å². The number of rotatable bonds is 1. The fraction of sp³-hybridized carbons (Fsp3) is 0.867. The van der Waals surface area contributed by atoms with Gasteiger partial charge in [-0.2, -0.15) is 0 Å². The van der Waals surface area contributed by atoms with Crippen molar-refractivity contribution in [3.8, 4) is 0 Å². The van der Waals surface area contributed by atoms with Gasteiger partial charge < -0.3 is 14.9 Å². The lowest BCUT2D eigenvalue weighted by molar-refractivity contribution is -0.206. The van der Waals surface area contributed by atoms with E-state index in [4.69, 9.17) is 4.74 Å². The van der Waals surface area contributed by atoms with Crippen LogP contribution >= 0.6 is 0 Å². The van der Waals surface area contributed by atoms with Gasteiger partial charge in [0.2, 0.25) is 0 Å². The molecule has 1 heterocycles. The molecule has 3 rings (SSSR count). The van der Waals surface area contributed by atoms with Gasteiger partial charge in [-0.25, -0.2) is 0 Å². The minimum atomic E-state index is -0.919. The lowest BCUT2D eigenvalue weighted by atomic mass is 9.48. The lowest BCUT2D eigenvalue weighted by Gasteiger charge is -2.56. The van der Waals surface area contributed by atoms with E-state index in [1.54, 1.807) is 6.92 Å². The van der Waals surface area contributed by atoms with Crippen molar-refractivity contribution in [1.29, 1.82) is 0 Å². The van der Waals surface area contributed by atoms with Crippen molar-refractivity contribution in [2.75, 3.05) is 6.61 Å². The van der Waals surface area contributed by atoms with E-state index in [-0.39, 0.29) is 43.0 Å². The number of ether oxygens (including phenoxy) is 1. The maximum Gasteiger partial charge on any atom is 0.307 e. The van der Waals surface area contributed by atoms with Crippen LogP contribution in [0.3, 0.4) is 0 Å². The average molecular weight is 282 g/mol. The molecular weight excluding hydrogens is 260 g/mol. The Morgan fingerprint density at radius 1 is 1.30 bits per heavy atom. The monoisotopic (exact) mass is 282 g/mol. The molecule has 2 N–H and O–H groups in total. The summed E-state index contributed by atoms with van der Waals surface area (Å²) in [5.41, 5.74) is -2.41. The SMILES string of the molecule is C[C@@H]1[C@H](O)C[C@]23OC(=O)C[C@]12CC(=O)[C@H](C)[C@@]3(C)CO. The molecule has 0 aromatic carbocycles. The maximum atomic E-state index is 12.4. The molecular formula is C15H22O5. The van der Waals surface area contributed by atoms with Crippen LogP contribution in [0.4, 0.5) is 0 Å². The van der Waals surface area contributed by atoms with Gasteiger partial charge in [0.05, 0.1) is 19.1 Å². The largest absolute Gasteiger partial charge is 0.458 e. The van der Waals surface area contributed by atoms with Gasteiger partial charge in [-0.15, -0.1) is 0 Å². The van der Waals surface area contributed by atoms with E-state index in [1.165, 1.54) is 0 Å². The molecule has 0 unspecified atom stereocenters. The molecule has 1 aliphatic heterocycles. The molecule has 2 aliphatic carbocycles. The first-order chi connectivity index (χ1) is 9.24. The van der Waals surface area contributed by atoms with Gasteiger partial charge in [0.1, 0.15) is 11.4 Å². The Kier molecular flexibility index (Phi) is 2.68. The molecule has 3 fully saturated rings. The van der Waals surface area contributed by atoms with E-state index in [0.29, 0.717) is 6.42 Å². The maximum absolute atomic E-state index is 12.4. The number of aliphatic hydroxyl groups excluding tert-OH is 2. The molecule has 3 aliphatic rings. The Labute approximate surface area is 118 Å². The summed E-state index contributed by atoms with van der Waals surface area (Å²) in [4.78, 5) is 24.4. The smallest absolute Gasteiger partial charge is 0.307 e. The molecule has 0 bridgehead atoms. The van der Waals surface area contributed by atoms with Crippen molar-refractivity contribution < 1.29 is 24.5 Å². The quantitative estimate of drug-likeness (QED) is 0.690. The molecule has 20 heavy (non-hydrogen) atoms. The van der Waals surface area contributed by atoms with E-state index < -0.39 is 22.5 Å². The number of hydrogen-bond donors (Lipinski definition) is 2. The molecule has 0 spiro atoms. The highest BCUT2D eigenvalue weighted by Gasteiger charge is 2.78. The molecule has 112 valence electrons. The Hall–Kier alpha value is -0.940. The standard InChI is InChI=1S/C15H22O5/c1-8-10(17)4-14-6-12(19)20-15(14,13(8,3)7-16)5-11(18)9(14)2/h8-9,11,16,18H,4-7H2,1-3H3/t8-,9+,11+,13+,14+,15+/m0/s1. The van der Waals surface area contributed by atoms with E-state index in [0.717, 1.165) is 0 Å². The molecule has 2 saturated carbocycles. The van der Waals surface area contributed by atoms with Gasteiger partial charge >= 0.3 is 5.97 Å². The number of aliphatic hydroxyl groups is 2. The Morgan fingerprint density at radius 2 is 1.95 bits per heavy atom. The molecule has 5 heteroatoms. The number of Topliss-reactive ketones (excluding diaryl/α,β-unsaturated/α-hetero) is 1. The minimum Gasteiger partial charge on any atom is -0.458 e. The fourth-order valence-electron chi connectivity index (χ4n) is 5.06. The van der Waals surface area contributed by atoms with Crippen LogP contribution in [0.5, 0.6) is 0 Å². The second kappa shape index (κ2) is 3.83. The molecule has 1 saturated heterocycles. The molecule has 0 aromatic heterocycles. The number of ketones is 1.